The van der Waals surface area contributed by atoms with Crippen LogP contribution in [-0.2, 0) is 20.0 Å². The van der Waals surface area contributed by atoms with E-state index in [1.165, 1.54) is 11.8 Å². The van der Waals surface area contributed by atoms with Gasteiger partial charge >= 0.3 is 11.9 Å². The third-order valence-corrected chi connectivity index (χ3v) is 4.88. The van der Waals surface area contributed by atoms with E-state index in [1.807, 2.05) is 36.4 Å². The maximum absolute atomic E-state index is 12.4. The predicted octanol–water partition coefficient (Wildman–Crippen LogP) is 3.59. The fourth-order valence-electron chi connectivity index (χ4n) is 2.67. The van der Waals surface area contributed by atoms with Gasteiger partial charge in [0.15, 0.2) is 5.58 Å². The lowest BCUT2D eigenvalue weighted by molar-refractivity contribution is -0.145. The molecule has 0 spiro atoms. The molecule has 1 aliphatic rings. The summed E-state index contributed by atoms with van der Waals surface area (Å²) in [5.41, 5.74) is 2.73. The highest BCUT2D eigenvalue weighted by atomic mass is 32.2. The van der Waals surface area contributed by atoms with Gasteiger partial charge in [0.2, 0.25) is 6.10 Å². The van der Waals surface area contributed by atoms with Crippen LogP contribution in [0.25, 0.3) is 11.1 Å². The van der Waals surface area contributed by atoms with Crippen LogP contribution >= 0.6 is 11.8 Å². The molecule has 2 heterocycles. The van der Waals surface area contributed by atoms with Crippen LogP contribution in [0.15, 0.2) is 58.2 Å². The fourth-order valence-corrected chi connectivity index (χ4v) is 3.52. The lowest BCUT2D eigenvalue weighted by Crippen LogP contribution is -2.23. The van der Waals surface area contributed by atoms with Crippen molar-refractivity contribution in [2.75, 3.05) is 6.61 Å². The quantitative estimate of drug-likeness (QED) is 0.502. The smallest absolute Gasteiger partial charge is 0.347 e. The van der Waals surface area contributed by atoms with Crippen LogP contribution in [0, 0.1) is 0 Å². The molecule has 132 valence electrons. The lowest BCUT2D eigenvalue weighted by Gasteiger charge is -2.11. The Kier molecular flexibility index (Phi) is 4.62. The van der Waals surface area contributed by atoms with E-state index in [9.17, 15) is 9.59 Å². The van der Waals surface area contributed by atoms with Crippen LogP contribution < -0.4 is 0 Å². The zero-order valence-corrected chi connectivity index (χ0v) is 14.5. The van der Waals surface area contributed by atoms with Crippen molar-refractivity contribution in [3.05, 3.63) is 59.7 Å². The minimum Gasteiger partial charge on any atom is -0.463 e. The number of carbonyl (C=O) groups is 2. The van der Waals surface area contributed by atoms with Crippen LogP contribution in [0.3, 0.4) is 0 Å². The van der Waals surface area contributed by atoms with Crippen LogP contribution in [0.4, 0.5) is 0 Å². The van der Waals surface area contributed by atoms with Gasteiger partial charge in [-0.05, 0) is 23.8 Å². The molecule has 3 aromatic rings. The summed E-state index contributed by atoms with van der Waals surface area (Å²) in [7, 11) is 0. The first-order valence-corrected chi connectivity index (χ1v) is 9.13. The SMILES string of the molecule is O=C(O[C@@H]1CCOC1=O)c1ccccc1CSc1nc2ccccc2o1. The Morgan fingerprint density at radius 3 is 2.81 bits per heavy atom. The summed E-state index contributed by atoms with van der Waals surface area (Å²) in [5.74, 6) is -0.521. The molecule has 0 amide bonds. The summed E-state index contributed by atoms with van der Waals surface area (Å²) in [4.78, 5) is 28.4. The summed E-state index contributed by atoms with van der Waals surface area (Å²) in [5, 5.41) is 0.536. The van der Waals surface area contributed by atoms with Crippen molar-refractivity contribution < 1.29 is 23.5 Å². The molecule has 1 fully saturated rings. The van der Waals surface area contributed by atoms with Gasteiger partial charge in [-0.1, -0.05) is 42.1 Å². The number of nitrogens with zero attached hydrogens (tertiary/aromatic N) is 1. The Morgan fingerprint density at radius 1 is 1.19 bits per heavy atom. The van der Waals surface area contributed by atoms with E-state index in [0.29, 0.717) is 23.0 Å². The van der Waals surface area contributed by atoms with E-state index in [1.54, 1.807) is 12.1 Å². The molecule has 26 heavy (non-hydrogen) atoms. The minimum atomic E-state index is -0.819. The van der Waals surface area contributed by atoms with Crippen LogP contribution in [0.5, 0.6) is 0 Å². The zero-order chi connectivity index (χ0) is 17.9. The summed E-state index contributed by atoms with van der Waals surface area (Å²) >= 11 is 1.40. The minimum absolute atomic E-state index is 0.284. The molecule has 0 aliphatic carbocycles. The highest BCUT2D eigenvalue weighted by Gasteiger charge is 2.31. The Labute approximate surface area is 153 Å². The second kappa shape index (κ2) is 7.21. The number of thioether (sulfide) groups is 1. The molecular weight excluding hydrogens is 354 g/mol. The van der Waals surface area contributed by atoms with Crippen molar-refractivity contribution in [2.45, 2.75) is 23.5 Å². The molecule has 7 heteroatoms. The monoisotopic (exact) mass is 369 g/mol. The van der Waals surface area contributed by atoms with Gasteiger partial charge in [0.1, 0.15) is 5.52 Å². The van der Waals surface area contributed by atoms with Crippen molar-refractivity contribution in [3.8, 4) is 0 Å². The first-order chi connectivity index (χ1) is 12.7. The third-order valence-electron chi connectivity index (χ3n) is 4.00. The van der Waals surface area contributed by atoms with Gasteiger partial charge in [-0.2, -0.15) is 0 Å². The molecule has 0 saturated carbocycles. The summed E-state index contributed by atoms with van der Waals surface area (Å²) in [6.45, 7) is 0.284. The zero-order valence-electron chi connectivity index (χ0n) is 13.7. The molecule has 4 rings (SSSR count). The van der Waals surface area contributed by atoms with E-state index in [2.05, 4.69) is 4.98 Å². The maximum atomic E-state index is 12.4. The molecule has 0 N–H and O–H groups in total. The van der Waals surface area contributed by atoms with Gasteiger partial charge in [-0.25, -0.2) is 14.6 Å². The number of ether oxygens (including phenoxy) is 2. The number of aromatic nitrogens is 1. The second-order valence-electron chi connectivity index (χ2n) is 5.74. The molecule has 1 aromatic heterocycles. The molecular formula is C19H15NO5S. The van der Waals surface area contributed by atoms with Crippen LogP contribution in [-0.4, -0.2) is 29.6 Å². The average Bonchev–Trinajstić information content (AvgIpc) is 3.26. The first-order valence-electron chi connectivity index (χ1n) is 8.14. The van der Waals surface area contributed by atoms with E-state index in [4.69, 9.17) is 13.9 Å². The number of benzene rings is 2. The number of oxazole rings is 1. The number of rotatable bonds is 5. The highest BCUT2D eigenvalue weighted by molar-refractivity contribution is 7.98. The summed E-state index contributed by atoms with van der Waals surface area (Å²) < 4.78 is 15.8. The molecule has 1 aliphatic heterocycles. The number of carbonyl (C=O) groups excluding carboxylic acids is 2. The Balaban J connectivity index is 1.48. The number of para-hydroxylation sites is 2. The third kappa shape index (κ3) is 3.43. The number of cyclic esters (lactones) is 1. The Bertz CT molecular complexity index is 934. The molecule has 1 saturated heterocycles. The number of esters is 2. The van der Waals surface area contributed by atoms with Crippen molar-refractivity contribution in [2.24, 2.45) is 0 Å². The normalized spacial score (nSPS) is 16.6. The van der Waals surface area contributed by atoms with Gasteiger partial charge in [-0.15, -0.1) is 0 Å². The molecule has 0 bridgehead atoms. The number of hydrogen-bond acceptors (Lipinski definition) is 7. The number of fused-ring (bicyclic) bond motifs is 1. The van der Waals surface area contributed by atoms with Gasteiger partial charge in [0, 0.05) is 12.2 Å². The van der Waals surface area contributed by atoms with E-state index in [0.717, 1.165) is 16.7 Å². The van der Waals surface area contributed by atoms with Crippen molar-refractivity contribution in [1.82, 2.24) is 4.98 Å². The van der Waals surface area contributed by atoms with Crippen LogP contribution in [0.1, 0.15) is 22.3 Å². The molecule has 1 atom stereocenters. The molecule has 6 nitrogen and oxygen atoms in total. The Morgan fingerprint density at radius 2 is 2.00 bits per heavy atom. The van der Waals surface area contributed by atoms with E-state index < -0.39 is 18.0 Å². The average molecular weight is 369 g/mol. The second-order valence-corrected chi connectivity index (χ2v) is 6.67. The van der Waals surface area contributed by atoms with Crippen molar-refractivity contribution in [3.63, 3.8) is 0 Å². The molecule has 0 radical (unpaired) electrons. The van der Waals surface area contributed by atoms with Gasteiger partial charge in [-0.3, -0.25) is 0 Å². The van der Waals surface area contributed by atoms with Gasteiger partial charge in [0.25, 0.3) is 5.22 Å². The molecule has 0 unspecified atom stereocenters. The Hall–Kier alpha value is -2.80. The van der Waals surface area contributed by atoms with Crippen molar-refractivity contribution in [1.29, 1.82) is 0 Å². The first kappa shape index (κ1) is 16.7. The summed E-state index contributed by atoms with van der Waals surface area (Å²) in [6.07, 6.45) is -0.426. The summed E-state index contributed by atoms with van der Waals surface area (Å²) in [6, 6.07) is 14.7. The van der Waals surface area contributed by atoms with Gasteiger partial charge in [0.05, 0.1) is 12.2 Å². The maximum Gasteiger partial charge on any atom is 0.347 e. The molecule has 2 aromatic carbocycles. The van der Waals surface area contributed by atoms with E-state index in [-0.39, 0.29) is 6.61 Å². The largest absolute Gasteiger partial charge is 0.463 e. The van der Waals surface area contributed by atoms with E-state index >= 15 is 0 Å². The predicted molar refractivity (Wildman–Crippen MR) is 94.8 cm³/mol. The fraction of sp³-hybridized carbons (Fsp3) is 0.211. The van der Waals surface area contributed by atoms with Crippen molar-refractivity contribution >= 4 is 34.8 Å². The standard InChI is InChI=1S/C19H15NO5S/c21-17(24-16-9-10-23-18(16)22)13-6-2-1-5-12(13)11-26-19-20-14-7-3-4-8-15(14)25-19/h1-8,16H,9-11H2/t16-/m1/s1. The number of hydrogen-bond donors (Lipinski definition) is 0. The van der Waals surface area contributed by atoms with Gasteiger partial charge < -0.3 is 13.9 Å². The topological polar surface area (TPSA) is 78.6 Å². The highest BCUT2D eigenvalue weighted by Crippen LogP contribution is 2.27. The lowest BCUT2D eigenvalue weighted by atomic mass is 10.1. The van der Waals surface area contributed by atoms with Crippen LogP contribution in [0.2, 0.25) is 0 Å².